The molecule has 0 unspecified atom stereocenters. The van der Waals surface area contributed by atoms with Crippen molar-refractivity contribution in [1.82, 2.24) is 12.3 Å². The normalized spacial score (nSPS) is 9.94. The molecule has 0 amide bonds. The maximum Gasteiger partial charge on any atom is 0.335 e. The molecule has 0 aliphatic heterocycles. The van der Waals surface area contributed by atoms with Gasteiger partial charge in [-0.25, -0.2) is 9.59 Å². The van der Waals surface area contributed by atoms with Crippen molar-refractivity contribution in [1.29, 1.82) is 0 Å². The third-order valence-electron chi connectivity index (χ3n) is 4.90. The van der Waals surface area contributed by atoms with Crippen molar-refractivity contribution < 1.29 is 40.2 Å². The van der Waals surface area contributed by atoms with Crippen LogP contribution in [0.4, 0.5) is 0 Å². The van der Waals surface area contributed by atoms with Gasteiger partial charge in [-0.3, -0.25) is 0 Å². The van der Waals surface area contributed by atoms with Crippen LogP contribution in [0.3, 0.4) is 0 Å². The molecule has 10 heteroatoms. The van der Waals surface area contributed by atoms with Gasteiger partial charge in [0.15, 0.2) is 0 Å². The van der Waals surface area contributed by atoms with Crippen LogP contribution in [0.2, 0.25) is 0 Å². The molecule has 34 heavy (non-hydrogen) atoms. The van der Waals surface area contributed by atoms with Crippen LogP contribution < -0.4 is 22.5 Å². The average Bonchev–Trinajstić information content (AvgIpc) is 2.73. The minimum Gasteiger partial charge on any atom is -0.871 e. The number of phenols is 2. The quantitative estimate of drug-likeness (QED) is 0.250. The van der Waals surface area contributed by atoms with Crippen LogP contribution in [0.1, 0.15) is 31.8 Å². The van der Waals surface area contributed by atoms with E-state index in [9.17, 15) is 30.0 Å². The molecule has 0 aliphatic rings. The number of hydrogen-bond acceptors (Lipinski definition) is 6. The zero-order valence-electron chi connectivity index (χ0n) is 19.0. The smallest absolute Gasteiger partial charge is 0.335 e. The van der Waals surface area contributed by atoms with E-state index in [-0.39, 0.29) is 34.6 Å². The maximum absolute atomic E-state index is 11.7. The molecule has 10 nitrogen and oxygen atoms in total. The highest BCUT2D eigenvalue weighted by atomic mass is 16.4. The van der Waals surface area contributed by atoms with E-state index in [0.717, 1.165) is 23.3 Å². The molecule has 0 fully saturated rings. The number of quaternary nitrogens is 2. The van der Waals surface area contributed by atoms with Crippen molar-refractivity contribution in [2.45, 2.75) is 13.8 Å². The Labute approximate surface area is 194 Å². The van der Waals surface area contributed by atoms with Gasteiger partial charge in [0.2, 0.25) is 0 Å². The monoisotopic (exact) mass is 470 g/mol. The zero-order valence-corrected chi connectivity index (χ0v) is 19.0. The number of benzene rings is 4. The minimum atomic E-state index is -1.33. The summed E-state index contributed by atoms with van der Waals surface area (Å²) in [6, 6.07) is 11.7. The molecule has 0 radical (unpaired) electrons. The Balaban J connectivity index is 0.000000321. The predicted octanol–water partition coefficient (Wildman–Crippen LogP) is 4.00. The number of hydrogen-bond donors (Lipinski definition) is 6. The van der Waals surface area contributed by atoms with Crippen LogP contribution in [0.5, 0.6) is 23.0 Å². The number of carboxylic acid groups (broad SMARTS) is 2. The van der Waals surface area contributed by atoms with Gasteiger partial charge >= 0.3 is 11.9 Å². The molecule has 0 saturated carbocycles. The fourth-order valence-corrected chi connectivity index (χ4v) is 3.30. The number of carbonyl (C=O) groups is 2. The standard InChI is InChI=1S/2C12H10O4.2H3N/c2*1-6-2-3-7-8(4-6)10(13)5-9(11(7)14)12(15)16;;/h2*2-5,13-14H,1H3,(H,15,16);2*1H3. The van der Waals surface area contributed by atoms with Gasteiger partial charge in [0.1, 0.15) is 11.5 Å². The summed E-state index contributed by atoms with van der Waals surface area (Å²) in [6.45, 7) is 3.66. The summed E-state index contributed by atoms with van der Waals surface area (Å²) in [6.07, 6.45) is 0. The van der Waals surface area contributed by atoms with Crippen LogP contribution in [0, 0.1) is 13.8 Å². The summed E-state index contributed by atoms with van der Waals surface area (Å²) in [5.74, 6) is -4.17. The van der Waals surface area contributed by atoms with E-state index in [1.54, 1.807) is 24.3 Å². The molecule has 0 saturated heterocycles. The second-order valence-corrected chi connectivity index (χ2v) is 7.25. The molecule has 0 aromatic heterocycles. The van der Waals surface area contributed by atoms with Gasteiger partial charge in [-0.05, 0) is 48.9 Å². The van der Waals surface area contributed by atoms with E-state index in [4.69, 9.17) is 10.2 Å². The number of phenolic OH excluding ortho intramolecular Hbond substituents is 2. The summed E-state index contributed by atoms with van der Waals surface area (Å²) in [5.41, 5.74) is 0.971. The van der Waals surface area contributed by atoms with Crippen LogP contribution >= 0.6 is 0 Å². The highest BCUT2D eigenvalue weighted by Gasteiger charge is 2.11. The summed E-state index contributed by atoms with van der Waals surface area (Å²) in [7, 11) is 0. The molecule has 0 bridgehead atoms. The fourth-order valence-electron chi connectivity index (χ4n) is 3.30. The first-order chi connectivity index (χ1) is 15.0. The summed E-state index contributed by atoms with van der Waals surface area (Å²) < 4.78 is 0. The molecule has 12 N–H and O–H groups in total. The Morgan fingerprint density at radius 2 is 0.941 bits per heavy atom. The molecule has 0 spiro atoms. The zero-order chi connectivity index (χ0) is 23.7. The lowest BCUT2D eigenvalue weighted by molar-refractivity contribution is -0.267. The first kappa shape index (κ1) is 27.5. The van der Waals surface area contributed by atoms with Crippen LogP contribution in [0.25, 0.3) is 21.5 Å². The van der Waals surface area contributed by atoms with E-state index < -0.39 is 34.6 Å². The Morgan fingerprint density at radius 1 is 0.618 bits per heavy atom. The predicted molar refractivity (Wildman–Crippen MR) is 125 cm³/mol. The number of rotatable bonds is 2. The van der Waals surface area contributed by atoms with Crippen LogP contribution in [-0.2, 0) is 0 Å². The topological polar surface area (TPSA) is 234 Å². The van der Waals surface area contributed by atoms with Crippen molar-refractivity contribution in [3.63, 3.8) is 0 Å². The van der Waals surface area contributed by atoms with Gasteiger partial charge in [-0.2, -0.15) is 0 Å². The highest BCUT2D eigenvalue weighted by Crippen LogP contribution is 2.35. The number of aryl methyl sites for hydroxylation is 2. The molecule has 0 heterocycles. The highest BCUT2D eigenvalue weighted by molar-refractivity contribution is 6.03. The Bertz CT molecular complexity index is 1290. The molecule has 0 atom stereocenters. The largest absolute Gasteiger partial charge is 0.871 e. The van der Waals surface area contributed by atoms with Crippen molar-refractivity contribution in [3.8, 4) is 23.0 Å². The first-order valence-corrected chi connectivity index (χ1v) is 9.34. The summed E-state index contributed by atoms with van der Waals surface area (Å²) >= 11 is 0. The van der Waals surface area contributed by atoms with E-state index in [0.29, 0.717) is 10.8 Å². The van der Waals surface area contributed by atoms with Crippen LogP contribution in [0.15, 0.2) is 48.5 Å². The van der Waals surface area contributed by atoms with Crippen LogP contribution in [-0.4, -0.2) is 32.4 Å². The van der Waals surface area contributed by atoms with Gasteiger partial charge in [0.05, 0.1) is 11.1 Å². The molecule has 0 aliphatic carbocycles. The Morgan fingerprint density at radius 3 is 1.24 bits per heavy atom. The van der Waals surface area contributed by atoms with Crippen molar-refractivity contribution in [2.75, 3.05) is 0 Å². The summed E-state index contributed by atoms with van der Waals surface area (Å²) in [4.78, 5) is 21.5. The average molecular weight is 470 g/mol. The van der Waals surface area contributed by atoms with Gasteiger partial charge in [0.25, 0.3) is 0 Å². The van der Waals surface area contributed by atoms with Crippen molar-refractivity contribution in [2.24, 2.45) is 0 Å². The van der Waals surface area contributed by atoms with Gasteiger partial charge in [-0.1, -0.05) is 46.9 Å². The van der Waals surface area contributed by atoms with E-state index >= 15 is 0 Å². The minimum absolute atomic E-state index is 0. The van der Waals surface area contributed by atoms with Crippen molar-refractivity contribution in [3.05, 3.63) is 70.8 Å². The van der Waals surface area contributed by atoms with Gasteiger partial charge < -0.3 is 42.9 Å². The Hall–Kier alpha value is -4.54. The lowest BCUT2D eigenvalue weighted by Gasteiger charge is -2.15. The first-order valence-electron chi connectivity index (χ1n) is 9.34. The second-order valence-electron chi connectivity index (χ2n) is 7.25. The molecular weight excluding hydrogens is 444 g/mol. The number of aromatic carboxylic acids is 2. The second kappa shape index (κ2) is 10.4. The number of carboxylic acids is 2. The van der Waals surface area contributed by atoms with Crippen molar-refractivity contribution >= 4 is 33.5 Å². The lowest BCUT2D eigenvalue weighted by atomic mass is 10.0. The Kier molecular flexibility index (Phi) is 8.40. The van der Waals surface area contributed by atoms with Gasteiger partial charge in [0, 0.05) is 10.8 Å². The molecule has 4 aromatic rings. The number of fused-ring (bicyclic) bond motifs is 2. The van der Waals surface area contributed by atoms with E-state index in [2.05, 4.69) is 0 Å². The maximum atomic E-state index is 11.7. The molecule has 4 aromatic carbocycles. The third-order valence-corrected chi connectivity index (χ3v) is 4.90. The van der Waals surface area contributed by atoms with E-state index in [1.165, 1.54) is 12.1 Å². The molecular formula is C24H26N2O8. The fraction of sp³-hybridized carbons (Fsp3) is 0.0833. The molecule has 4 rings (SSSR count). The summed E-state index contributed by atoms with van der Waals surface area (Å²) in [5, 5.41) is 61.6. The molecule has 180 valence electrons. The third kappa shape index (κ3) is 5.09. The number of aromatic hydroxyl groups is 2. The lowest BCUT2D eigenvalue weighted by Crippen LogP contribution is -2.04. The van der Waals surface area contributed by atoms with Gasteiger partial charge in [-0.15, -0.1) is 0 Å². The van der Waals surface area contributed by atoms with E-state index in [1.807, 2.05) is 13.8 Å². The SMILES string of the molecule is Cc1ccc2c([O-])c(C(=O)O)cc(O)c2c1.Cc1ccc2c([O-])c(C(=O)O)cc(O)c2c1.[NH4+].[NH4+].